The van der Waals surface area contributed by atoms with Gasteiger partial charge in [-0.15, -0.1) is 0 Å². The number of benzene rings is 1. The summed E-state index contributed by atoms with van der Waals surface area (Å²) < 4.78 is 12.8. The average Bonchev–Trinajstić information content (AvgIpc) is 2.35. The summed E-state index contributed by atoms with van der Waals surface area (Å²) in [4.78, 5) is 0. The van der Waals surface area contributed by atoms with Crippen molar-refractivity contribution in [3.05, 3.63) is 46.6 Å². The summed E-state index contributed by atoms with van der Waals surface area (Å²) in [7, 11) is 0. The molecular formula is C11H12N2O3S. The van der Waals surface area contributed by atoms with Crippen LogP contribution in [0.5, 0.6) is 0 Å². The lowest BCUT2D eigenvalue weighted by molar-refractivity contribution is -0.634. The highest BCUT2D eigenvalue weighted by Gasteiger charge is 2.22. The molecule has 90 valence electrons. The fourth-order valence-corrected chi connectivity index (χ4v) is 2.32. The van der Waals surface area contributed by atoms with Crippen LogP contribution in [-0.4, -0.2) is 10.3 Å². The molecule has 0 radical (unpaired) electrons. The SMILES string of the molecule is CC[S+]([O-])Cc1c[n+]([O-])c2ccccc2[n+]1[O-]. The van der Waals surface area contributed by atoms with E-state index in [0.717, 1.165) is 0 Å². The molecule has 2 rings (SSSR count). The maximum Gasteiger partial charge on any atom is 0.308 e. The zero-order valence-electron chi connectivity index (χ0n) is 9.33. The third-order valence-corrected chi connectivity index (χ3v) is 3.76. The Kier molecular flexibility index (Phi) is 3.35. The number of hydrogen-bond donors (Lipinski definition) is 0. The summed E-state index contributed by atoms with van der Waals surface area (Å²) in [5.74, 6) is 0.568. The Morgan fingerprint density at radius 2 is 1.82 bits per heavy atom. The van der Waals surface area contributed by atoms with Crippen molar-refractivity contribution in [3.63, 3.8) is 0 Å². The molecule has 1 heterocycles. The van der Waals surface area contributed by atoms with E-state index in [-0.39, 0.29) is 11.4 Å². The van der Waals surface area contributed by atoms with Crippen molar-refractivity contribution in [2.24, 2.45) is 0 Å². The van der Waals surface area contributed by atoms with Gasteiger partial charge >= 0.3 is 5.69 Å². The van der Waals surface area contributed by atoms with Gasteiger partial charge in [0.25, 0.3) is 17.2 Å². The molecule has 0 fully saturated rings. The van der Waals surface area contributed by atoms with Crippen LogP contribution >= 0.6 is 0 Å². The van der Waals surface area contributed by atoms with Gasteiger partial charge < -0.3 is 15.0 Å². The molecule has 0 aliphatic rings. The lowest BCUT2D eigenvalue weighted by Crippen LogP contribution is -2.42. The first-order valence-electron chi connectivity index (χ1n) is 5.21. The molecule has 1 unspecified atom stereocenters. The van der Waals surface area contributed by atoms with Crippen molar-refractivity contribution in [3.8, 4) is 0 Å². The van der Waals surface area contributed by atoms with Crippen LogP contribution in [0.1, 0.15) is 12.6 Å². The maximum atomic E-state index is 12.0. The van der Waals surface area contributed by atoms with Gasteiger partial charge in [-0.25, -0.2) is 0 Å². The van der Waals surface area contributed by atoms with E-state index in [1.165, 1.54) is 6.20 Å². The number of nitrogens with zero attached hydrogens (tertiary/aromatic N) is 2. The fraction of sp³-hybridized carbons (Fsp3) is 0.273. The minimum Gasteiger partial charge on any atom is -0.618 e. The van der Waals surface area contributed by atoms with Crippen LogP contribution in [0.3, 0.4) is 0 Å². The number of rotatable bonds is 3. The number of fused-ring (bicyclic) bond motifs is 1. The van der Waals surface area contributed by atoms with Gasteiger partial charge in [-0.3, -0.25) is 0 Å². The molecule has 0 aliphatic heterocycles. The highest BCUT2D eigenvalue weighted by Crippen LogP contribution is 2.07. The average molecular weight is 252 g/mol. The molecule has 0 aliphatic carbocycles. The Bertz CT molecular complexity index is 547. The van der Waals surface area contributed by atoms with Gasteiger partial charge in [0.05, 0.1) is 0 Å². The molecule has 0 spiro atoms. The van der Waals surface area contributed by atoms with Gasteiger partial charge in [0, 0.05) is 12.1 Å². The van der Waals surface area contributed by atoms with E-state index in [2.05, 4.69) is 0 Å². The topological polar surface area (TPSA) is 76.9 Å². The molecule has 1 aromatic heterocycles. The van der Waals surface area contributed by atoms with Gasteiger partial charge in [0.1, 0.15) is 5.75 Å². The highest BCUT2D eigenvalue weighted by atomic mass is 32.2. The standard InChI is InChI=1S/C11H12N2O3S/c1-2-17(16)8-9-7-12(14)10-5-3-4-6-11(10)13(9)15/h3-7H,2,8H2,1H3. The van der Waals surface area contributed by atoms with Crippen LogP contribution in [0.25, 0.3) is 11.0 Å². The molecule has 0 bridgehead atoms. The summed E-state index contributed by atoms with van der Waals surface area (Å²) >= 11 is -1.11. The first-order valence-corrected chi connectivity index (χ1v) is 6.70. The Labute approximate surface area is 102 Å². The zero-order chi connectivity index (χ0) is 12.4. The summed E-state index contributed by atoms with van der Waals surface area (Å²) in [6, 6.07) is 6.55. The van der Waals surface area contributed by atoms with E-state index in [1.54, 1.807) is 31.2 Å². The monoisotopic (exact) mass is 252 g/mol. The minimum atomic E-state index is -1.11. The molecule has 5 nitrogen and oxygen atoms in total. The van der Waals surface area contributed by atoms with Gasteiger partial charge in [0.15, 0.2) is 5.75 Å². The Morgan fingerprint density at radius 1 is 1.18 bits per heavy atom. The molecule has 1 aromatic carbocycles. The largest absolute Gasteiger partial charge is 0.618 e. The Hall–Kier alpha value is -1.53. The van der Waals surface area contributed by atoms with Crippen LogP contribution in [0, 0.1) is 10.4 Å². The maximum absolute atomic E-state index is 12.0. The summed E-state index contributed by atoms with van der Waals surface area (Å²) in [5.41, 5.74) is 0.848. The summed E-state index contributed by atoms with van der Waals surface area (Å²) in [6.07, 6.45) is 1.20. The lowest BCUT2D eigenvalue weighted by atomic mass is 10.3. The predicted molar refractivity (Wildman–Crippen MR) is 64.3 cm³/mol. The molecule has 2 aromatic rings. The van der Waals surface area contributed by atoms with Crippen molar-refractivity contribution in [2.75, 3.05) is 5.75 Å². The minimum absolute atomic E-state index is 0.104. The lowest BCUT2D eigenvalue weighted by Gasteiger charge is -2.10. The van der Waals surface area contributed by atoms with Crippen molar-refractivity contribution in [2.45, 2.75) is 12.7 Å². The van der Waals surface area contributed by atoms with E-state index in [4.69, 9.17) is 0 Å². The normalized spacial score (nSPS) is 12.8. The molecule has 0 saturated carbocycles. The fourth-order valence-electron chi connectivity index (χ4n) is 1.60. The van der Waals surface area contributed by atoms with E-state index in [0.29, 0.717) is 26.2 Å². The summed E-state index contributed by atoms with van der Waals surface area (Å²) in [5, 5.41) is 23.6. The van der Waals surface area contributed by atoms with Gasteiger partial charge in [-0.05, 0) is 18.1 Å². The van der Waals surface area contributed by atoms with Crippen molar-refractivity contribution < 1.29 is 14.0 Å². The number of para-hydroxylation sites is 2. The molecule has 0 amide bonds. The van der Waals surface area contributed by atoms with E-state index in [9.17, 15) is 15.0 Å². The smallest absolute Gasteiger partial charge is 0.308 e. The van der Waals surface area contributed by atoms with Gasteiger partial charge in [-0.2, -0.15) is 9.46 Å². The zero-order valence-corrected chi connectivity index (χ0v) is 10.1. The van der Waals surface area contributed by atoms with E-state index >= 15 is 0 Å². The van der Waals surface area contributed by atoms with Gasteiger partial charge in [0.2, 0.25) is 0 Å². The van der Waals surface area contributed by atoms with Crippen LogP contribution in [0.15, 0.2) is 30.5 Å². The van der Waals surface area contributed by atoms with Crippen molar-refractivity contribution >= 4 is 22.2 Å². The second-order valence-electron chi connectivity index (χ2n) is 3.60. The predicted octanol–water partition coefficient (Wildman–Crippen LogP) is 0.375. The highest BCUT2D eigenvalue weighted by molar-refractivity contribution is 7.90. The first-order chi connectivity index (χ1) is 8.13. The molecule has 6 heteroatoms. The Balaban J connectivity index is 2.55. The molecule has 17 heavy (non-hydrogen) atoms. The van der Waals surface area contributed by atoms with E-state index < -0.39 is 11.2 Å². The third kappa shape index (κ3) is 2.27. The quantitative estimate of drug-likeness (QED) is 0.450. The molecule has 1 atom stereocenters. The van der Waals surface area contributed by atoms with Crippen LogP contribution < -0.4 is 9.46 Å². The van der Waals surface area contributed by atoms with Crippen LogP contribution in [0.4, 0.5) is 0 Å². The second kappa shape index (κ2) is 4.77. The number of aromatic nitrogens is 2. The third-order valence-electron chi connectivity index (χ3n) is 2.50. The van der Waals surface area contributed by atoms with Crippen LogP contribution in [-0.2, 0) is 16.9 Å². The van der Waals surface area contributed by atoms with E-state index in [1.807, 2.05) is 0 Å². The molecular weight excluding hydrogens is 240 g/mol. The number of hydrogen-bond acceptors (Lipinski definition) is 3. The van der Waals surface area contributed by atoms with Crippen molar-refractivity contribution in [1.29, 1.82) is 0 Å². The van der Waals surface area contributed by atoms with Gasteiger partial charge in [-0.1, -0.05) is 12.1 Å². The van der Waals surface area contributed by atoms with Crippen molar-refractivity contribution in [1.82, 2.24) is 0 Å². The molecule has 0 saturated heterocycles. The summed E-state index contributed by atoms with van der Waals surface area (Å²) in [6.45, 7) is 1.78. The Morgan fingerprint density at radius 3 is 2.47 bits per heavy atom. The second-order valence-corrected chi connectivity index (χ2v) is 5.35. The van der Waals surface area contributed by atoms with Crippen LogP contribution in [0.2, 0.25) is 0 Å². The molecule has 0 N–H and O–H groups in total. The first kappa shape index (κ1) is 11.9.